The van der Waals surface area contributed by atoms with Gasteiger partial charge in [-0.2, -0.15) is 0 Å². The number of aliphatic imine (C=N–C) groups is 2. The minimum atomic E-state index is -1.38. The molecule has 0 spiro atoms. The third kappa shape index (κ3) is 13.8. The van der Waals surface area contributed by atoms with Gasteiger partial charge in [0.1, 0.15) is 24.6 Å². The minimum absolute atomic E-state index is 0.0115. The first-order chi connectivity index (χ1) is 30.2. The Morgan fingerprint density at radius 3 is 2.30 bits per heavy atom. The lowest BCUT2D eigenvalue weighted by Gasteiger charge is -2.35. The van der Waals surface area contributed by atoms with E-state index in [-0.39, 0.29) is 49.8 Å². The maximum Gasteiger partial charge on any atom is 0.410 e. The Morgan fingerprint density at radius 1 is 0.968 bits per heavy atom. The van der Waals surface area contributed by atoms with Gasteiger partial charge in [0.15, 0.2) is 0 Å². The number of urea groups is 1. The molecule has 336 valence electrons. The number of carboxylic acids is 1. The maximum absolute atomic E-state index is 15.3. The van der Waals surface area contributed by atoms with E-state index in [1.54, 1.807) is 57.8 Å². The number of carbonyl (C=O) groups is 4. The molecule has 0 bridgehead atoms. The molecule has 7 N–H and O–H groups in total. The van der Waals surface area contributed by atoms with Gasteiger partial charge in [0, 0.05) is 69.1 Å². The fourth-order valence-corrected chi connectivity index (χ4v) is 7.03. The summed E-state index contributed by atoms with van der Waals surface area (Å²) in [7, 11) is 0. The van der Waals surface area contributed by atoms with Gasteiger partial charge < -0.3 is 51.0 Å². The van der Waals surface area contributed by atoms with Gasteiger partial charge in [0.05, 0.1) is 29.1 Å². The van der Waals surface area contributed by atoms with E-state index in [0.717, 1.165) is 17.2 Å². The van der Waals surface area contributed by atoms with Crippen molar-refractivity contribution < 1.29 is 38.1 Å². The highest BCUT2D eigenvalue weighted by Gasteiger charge is 2.26. The predicted octanol–water partition coefficient (Wildman–Crippen LogP) is 5.58. The first-order valence-electron chi connectivity index (χ1n) is 20.9. The molecule has 0 aliphatic carbocycles. The van der Waals surface area contributed by atoms with Crippen LogP contribution in [0.2, 0.25) is 0 Å². The molecule has 17 nitrogen and oxygen atoms in total. The summed E-state index contributed by atoms with van der Waals surface area (Å²) in [5.74, 6) is -1.79. The number of aromatic nitrogens is 1. The Kier molecular flexibility index (Phi) is 17.1. The van der Waals surface area contributed by atoms with Crippen molar-refractivity contribution in [1.29, 1.82) is 0 Å². The van der Waals surface area contributed by atoms with Crippen molar-refractivity contribution in [2.75, 3.05) is 44.2 Å². The topological polar surface area (TPSA) is 236 Å². The fraction of sp³-hybridized carbons (Fsp3) is 0.400. The second kappa shape index (κ2) is 22.9. The third-order valence-electron chi connectivity index (χ3n) is 10.4. The average molecular weight is 870 g/mol. The van der Waals surface area contributed by atoms with E-state index in [0.29, 0.717) is 62.4 Å². The lowest BCUT2D eigenvalue weighted by molar-refractivity contribution is 0.0694. The second-order valence-electron chi connectivity index (χ2n) is 15.6. The number of piperazine rings is 1. The zero-order valence-corrected chi connectivity index (χ0v) is 35.8. The molecule has 18 heteroatoms. The number of pyridine rings is 1. The molecule has 1 aliphatic rings. The number of fused-ring (bicyclic) bond motifs is 1. The number of aromatic carboxylic acids is 1. The number of nitrogens with zero attached hydrogens (tertiary/aromatic N) is 5. The van der Waals surface area contributed by atoms with Crippen LogP contribution < -0.4 is 32.4 Å². The van der Waals surface area contributed by atoms with Crippen LogP contribution in [-0.2, 0) is 29.2 Å². The highest BCUT2D eigenvalue weighted by molar-refractivity contribution is 6.31. The van der Waals surface area contributed by atoms with Crippen LogP contribution >= 0.6 is 0 Å². The molecule has 0 saturated carbocycles. The van der Waals surface area contributed by atoms with Gasteiger partial charge in [-0.3, -0.25) is 14.8 Å². The van der Waals surface area contributed by atoms with Gasteiger partial charge in [-0.15, -0.1) is 0 Å². The van der Waals surface area contributed by atoms with Crippen molar-refractivity contribution in [3.05, 3.63) is 106 Å². The number of benzene rings is 3. The highest BCUT2D eigenvalue weighted by Crippen LogP contribution is 2.27. The Labute approximate surface area is 364 Å². The summed E-state index contributed by atoms with van der Waals surface area (Å²) in [6, 6.07) is 17.6. The second-order valence-corrected chi connectivity index (χ2v) is 15.6. The SMILES string of the molecule is CCn1cc(C(=O)O)c(=O)c2cc(F)c(N3CCN(C(=O)OCc4ccc(N=CC(CCCNC(N)=O)=NCC(N)C(CC(C)C)NC(=O)OCc5ccccc5)cc4)CC3)cc21. The zero-order chi connectivity index (χ0) is 45.5. The van der Waals surface area contributed by atoms with Crippen LogP contribution in [0.1, 0.15) is 61.5 Å². The maximum atomic E-state index is 15.3. The minimum Gasteiger partial charge on any atom is -0.477 e. The molecule has 1 aliphatic heterocycles. The normalized spacial score (nSPS) is 14.2. The third-order valence-corrected chi connectivity index (χ3v) is 10.4. The average Bonchev–Trinajstić information content (AvgIpc) is 3.27. The van der Waals surface area contributed by atoms with Crippen LogP contribution in [0.5, 0.6) is 0 Å². The lowest BCUT2D eigenvalue weighted by atomic mass is 9.98. The fourth-order valence-electron chi connectivity index (χ4n) is 7.03. The van der Waals surface area contributed by atoms with Crippen molar-refractivity contribution in [3.8, 4) is 0 Å². The Balaban J connectivity index is 1.15. The summed E-state index contributed by atoms with van der Waals surface area (Å²) in [4.78, 5) is 73.9. The lowest BCUT2D eigenvalue weighted by Crippen LogP contribution is -2.50. The largest absolute Gasteiger partial charge is 0.477 e. The molecule has 0 radical (unpaired) electrons. The Bertz CT molecular complexity index is 2330. The molecule has 63 heavy (non-hydrogen) atoms. The van der Waals surface area contributed by atoms with Crippen LogP contribution in [0.3, 0.4) is 0 Å². The molecule has 1 aromatic heterocycles. The highest BCUT2D eigenvalue weighted by atomic mass is 19.1. The molecule has 5 rings (SSSR count). The van der Waals surface area contributed by atoms with Crippen LogP contribution in [0.15, 0.2) is 87.7 Å². The molecule has 2 unspecified atom stereocenters. The Hall–Kier alpha value is -6.82. The number of hydrogen-bond donors (Lipinski definition) is 5. The smallest absolute Gasteiger partial charge is 0.410 e. The number of aryl methyl sites for hydroxylation is 1. The van der Waals surface area contributed by atoms with Crippen LogP contribution in [0.4, 0.5) is 30.1 Å². The number of alkyl carbamates (subject to hydrolysis) is 1. The molecule has 2 atom stereocenters. The standard InChI is InChI=1S/C45H56FN9O8/c1-4-53-26-35(42(57)58)41(56)34-22-36(46)40(23-39(34)53)54-17-19-55(20-18-54)45(61)63-28-31-12-14-32(15-13-31)50-24-33(11-8-16-49-43(48)59)51-25-37(47)38(21-29(2)3)52-44(60)62-27-30-9-6-5-7-10-30/h5-7,9-10,12-15,22-24,26,29,37-38H,4,8,11,16-21,25,27-28,47H2,1-3H3,(H,52,60)(H,57,58)(H3,48,49,59). The molecular weight excluding hydrogens is 814 g/mol. The number of nitrogens with one attached hydrogen (secondary N) is 2. The summed E-state index contributed by atoms with van der Waals surface area (Å²) in [5.41, 5.74) is 14.2. The zero-order valence-electron chi connectivity index (χ0n) is 35.8. The van der Waals surface area contributed by atoms with Gasteiger partial charge in [-0.1, -0.05) is 56.3 Å². The molecule has 2 heterocycles. The van der Waals surface area contributed by atoms with Crippen molar-refractivity contribution in [2.45, 2.75) is 71.9 Å². The monoisotopic (exact) mass is 869 g/mol. The van der Waals surface area contributed by atoms with Gasteiger partial charge in [-0.25, -0.2) is 23.6 Å². The summed E-state index contributed by atoms with van der Waals surface area (Å²) in [6.45, 7) is 8.09. The van der Waals surface area contributed by atoms with Gasteiger partial charge in [0.2, 0.25) is 5.43 Å². The number of hydrogen-bond acceptors (Lipinski definition) is 11. The number of anilines is 1. The summed E-state index contributed by atoms with van der Waals surface area (Å²) < 4.78 is 28.0. The molecule has 3 aromatic carbocycles. The van der Waals surface area contributed by atoms with Crippen LogP contribution in [-0.4, -0.2) is 102 Å². The summed E-state index contributed by atoms with van der Waals surface area (Å²) in [6.07, 6.45) is 3.44. The van der Waals surface area contributed by atoms with E-state index in [2.05, 4.69) is 15.6 Å². The molecule has 1 saturated heterocycles. The van der Waals surface area contributed by atoms with Crippen LogP contribution in [0.25, 0.3) is 10.9 Å². The van der Waals surface area contributed by atoms with E-state index >= 15 is 4.39 Å². The first kappa shape index (κ1) is 47.2. The first-order valence-corrected chi connectivity index (χ1v) is 20.9. The number of carbonyl (C=O) groups excluding carboxylic acids is 3. The van der Waals surface area contributed by atoms with E-state index in [9.17, 15) is 29.1 Å². The summed E-state index contributed by atoms with van der Waals surface area (Å²) >= 11 is 0. The molecule has 4 amide bonds. The van der Waals surface area contributed by atoms with Gasteiger partial charge >= 0.3 is 24.2 Å². The molecule has 1 fully saturated rings. The van der Waals surface area contributed by atoms with Gasteiger partial charge in [-0.05, 0) is 67.5 Å². The van der Waals surface area contributed by atoms with Crippen molar-refractivity contribution in [3.63, 3.8) is 0 Å². The number of amides is 4. The van der Waals surface area contributed by atoms with E-state index in [1.807, 2.05) is 44.2 Å². The summed E-state index contributed by atoms with van der Waals surface area (Å²) in [5, 5.41) is 14.9. The Morgan fingerprint density at radius 2 is 1.65 bits per heavy atom. The van der Waals surface area contributed by atoms with E-state index in [4.69, 9.17) is 25.9 Å². The van der Waals surface area contributed by atoms with Crippen molar-refractivity contribution in [2.24, 2.45) is 27.4 Å². The number of rotatable bonds is 19. The molecule has 4 aromatic rings. The number of primary amides is 1. The number of nitrogens with two attached hydrogens (primary N) is 2. The van der Waals surface area contributed by atoms with Gasteiger partial charge in [0.25, 0.3) is 0 Å². The number of ether oxygens (including phenoxy) is 2. The number of halogens is 1. The predicted molar refractivity (Wildman–Crippen MR) is 239 cm³/mol. The van der Waals surface area contributed by atoms with Crippen molar-refractivity contribution >= 4 is 58.4 Å². The quantitative estimate of drug-likeness (QED) is 0.0580. The molecular formula is C45H56FN9O8. The van der Waals surface area contributed by atoms with E-state index < -0.39 is 53.1 Å². The van der Waals surface area contributed by atoms with Crippen molar-refractivity contribution in [1.82, 2.24) is 20.1 Å². The number of carboxylic acid groups (broad SMARTS) is 1. The van der Waals surface area contributed by atoms with Crippen LogP contribution in [0, 0.1) is 11.7 Å². The van der Waals surface area contributed by atoms with E-state index in [1.165, 1.54) is 6.20 Å².